The fourth-order valence-corrected chi connectivity index (χ4v) is 1.28. The molecule has 3 N–H and O–H groups in total. The first-order chi connectivity index (χ1) is 8.54. The first kappa shape index (κ1) is 13.9. The molecule has 0 aliphatic heterocycles. The van der Waals surface area contributed by atoms with E-state index in [1.54, 1.807) is 24.5 Å². The summed E-state index contributed by atoms with van der Waals surface area (Å²) < 4.78 is 0. The molecule has 0 unspecified atom stereocenters. The van der Waals surface area contributed by atoms with Crippen molar-refractivity contribution in [2.45, 2.75) is 12.6 Å². The number of carboxylic acid groups (broad SMARTS) is 1. The molecule has 1 aromatic rings. The Morgan fingerprint density at radius 3 is 2.78 bits per heavy atom. The number of aliphatic hydroxyl groups excluding tert-OH is 1. The number of carboxylic acids is 1. The third-order valence-electron chi connectivity index (χ3n) is 2.27. The molecule has 98 valence electrons. The molecule has 7 nitrogen and oxygen atoms in total. The van der Waals surface area contributed by atoms with Gasteiger partial charge in [-0.05, 0) is 11.6 Å². The summed E-state index contributed by atoms with van der Waals surface area (Å²) in [5.41, 5.74) is 0.825. The Bertz CT molecular complexity index is 410. The van der Waals surface area contributed by atoms with Crippen LogP contribution in [0.25, 0.3) is 0 Å². The maximum atomic E-state index is 11.6. The quantitative estimate of drug-likeness (QED) is 0.666. The zero-order valence-corrected chi connectivity index (χ0v) is 9.91. The number of amides is 2. The van der Waals surface area contributed by atoms with Crippen LogP contribution in [0.4, 0.5) is 4.79 Å². The Balaban J connectivity index is 2.54. The molecule has 0 bridgehead atoms. The van der Waals surface area contributed by atoms with Crippen molar-refractivity contribution in [1.82, 2.24) is 15.2 Å². The number of hydrogen-bond acceptors (Lipinski definition) is 4. The summed E-state index contributed by atoms with van der Waals surface area (Å²) in [6, 6.07) is 1.68. The predicted molar refractivity (Wildman–Crippen MR) is 62.7 cm³/mol. The van der Waals surface area contributed by atoms with Gasteiger partial charge in [0.1, 0.15) is 0 Å². The average molecular weight is 253 g/mol. The Morgan fingerprint density at radius 1 is 1.56 bits per heavy atom. The lowest BCUT2D eigenvalue weighted by Gasteiger charge is -2.20. The van der Waals surface area contributed by atoms with Crippen molar-refractivity contribution < 1.29 is 19.8 Å². The lowest BCUT2D eigenvalue weighted by atomic mass is 10.3. The van der Waals surface area contributed by atoms with Crippen molar-refractivity contribution in [3.05, 3.63) is 30.1 Å². The summed E-state index contributed by atoms with van der Waals surface area (Å²) in [4.78, 5) is 27.5. The van der Waals surface area contributed by atoms with Crippen LogP contribution < -0.4 is 5.32 Å². The van der Waals surface area contributed by atoms with Crippen LogP contribution in [0.2, 0.25) is 0 Å². The van der Waals surface area contributed by atoms with E-state index in [2.05, 4.69) is 10.3 Å². The highest BCUT2D eigenvalue weighted by Crippen LogP contribution is 2.01. The van der Waals surface area contributed by atoms with Crippen LogP contribution in [0.15, 0.2) is 24.5 Å². The largest absolute Gasteiger partial charge is 0.480 e. The van der Waals surface area contributed by atoms with Crippen LogP contribution in [-0.4, -0.2) is 51.8 Å². The third kappa shape index (κ3) is 4.02. The molecule has 18 heavy (non-hydrogen) atoms. The summed E-state index contributed by atoms with van der Waals surface area (Å²) >= 11 is 0. The van der Waals surface area contributed by atoms with Gasteiger partial charge in [-0.25, -0.2) is 9.59 Å². The first-order valence-corrected chi connectivity index (χ1v) is 5.28. The van der Waals surface area contributed by atoms with Gasteiger partial charge in [0.25, 0.3) is 0 Å². The molecule has 1 atom stereocenters. The Morgan fingerprint density at radius 2 is 2.28 bits per heavy atom. The van der Waals surface area contributed by atoms with Gasteiger partial charge in [0.15, 0.2) is 6.04 Å². The van der Waals surface area contributed by atoms with E-state index >= 15 is 0 Å². The van der Waals surface area contributed by atoms with Gasteiger partial charge in [-0.3, -0.25) is 4.98 Å². The molecule has 0 aliphatic rings. The highest BCUT2D eigenvalue weighted by Gasteiger charge is 2.20. The highest BCUT2D eigenvalue weighted by atomic mass is 16.4. The van der Waals surface area contributed by atoms with E-state index in [-0.39, 0.29) is 0 Å². The molecular formula is C11H15N3O4. The summed E-state index contributed by atoms with van der Waals surface area (Å²) in [7, 11) is 1.53. The van der Waals surface area contributed by atoms with E-state index < -0.39 is 24.6 Å². The smallest absolute Gasteiger partial charge is 0.328 e. The molecule has 7 heteroatoms. The third-order valence-corrected chi connectivity index (χ3v) is 2.27. The molecule has 1 rings (SSSR count). The maximum Gasteiger partial charge on any atom is 0.328 e. The second kappa shape index (κ2) is 6.55. The van der Waals surface area contributed by atoms with Gasteiger partial charge in [0.05, 0.1) is 6.61 Å². The lowest BCUT2D eigenvalue weighted by Crippen LogP contribution is -2.48. The zero-order valence-electron chi connectivity index (χ0n) is 9.91. The van der Waals surface area contributed by atoms with E-state index in [1.165, 1.54) is 11.9 Å². The number of pyridine rings is 1. The minimum atomic E-state index is -1.30. The second-order valence-electron chi connectivity index (χ2n) is 3.74. The summed E-state index contributed by atoms with van der Waals surface area (Å²) in [5.74, 6) is -1.28. The molecule has 0 fully saturated rings. The van der Waals surface area contributed by atoms with Gasteiger partial charge >= 0.3 is 12.0 Å². The summed E-state index contributed by atoms with van der Waals surface area (Å²) in [6.07, 6.45) is 3.24. The number of nitrogens with one attached hydrogen (secondary N) is 1. The molecular weight excluding hydrogens is 238 g/mol. The van der Waals surface area contributed by atoms with Crippen molar-refractivity contribution in [1.29, 1.82) is 0 Å². The number of aliphatic hydroxyl groups is 1. The van der Waals surface area contributed by atoms with E-state index in [1.807, 2.05) is 0 Å². The van der Waals surface area contributed by atoms with Crippen molar-refractivity contribution >= 4 is 12.0 Å². The molecule has 0 aromatic carbocycles. The molecule has 0 saturated carbocycles. The molecule has 1 heterocycles. The monoisotopic (exact) mass is 253 g/mol. The molecule has 2 amide bonds. The topological polar surface area (TPSA) is 103 Å². The van der Waals surface area contributed by atoms with Crippen LogP contribution in [0.3, 0.4) is 0 Å². The number of aliphatic carboxylic acids is 1. The van der Waals surface area contributed by atoms with Gasteiger partial charge in [0.2, 0.25) is 0 Å². The Kier molecular flexibility index (Phi) is 5.06. The van der Waals surface area contributed by atoms with Crippen molar-refractivity contribution in [2.24, 2.45) is 0 Å². The van der Waals surface area contributed by atoms with E-state index in [0.29, 0.717) is 6.54 Å². The van der Waals surface area contributed by atoms with Crippen molar-refractivity contribution in [2.75, 3.05) is 13.7 Å². The van der Waals surface area contributed by atoms with Crippen LogP contribution >= 0.6 is 0 Å². The van der Waals surface area contributed by atoms with Crippen LogP contribution in [0.5, 0.6) is 0 Å². The van der Waals surface area contributed by atoms with E-state index in [4.69, 9.17) is 10.2 Å². The number of hydrogen-bond donors (Lipinski definition) is 3. The van der Waals surface area contributed by atoms with Crippen molar-refractivity contribution in [3.63, 3.8) is 0 Å². The fourth-order valence-electron chi connectivity index (χ4n) is 1.28. The van der Waals surface area contributed by atoms with Gasteiger partial charge in [-0.15, -0.1) is 0 Å². The van der Waals surface area contributed by atoms with Gasteiger partial charge in [0, 0.05) is 26.0 Å². The molecule has 0 aliphatic carbocycles. The number of carbonyl (C=O) groups is 2. The van der Waals surface area contributed by atoms with Crippen molar-refractivity contribution in [3.8, 4) is 0 Å². The summed E-state index contributed by atoms with van der Waals surface area (Å²) in [5, 5.41) is 19.7. The van der Waals surface area contributed by atoms with Crippen LogP contribution in [0.1, 0.15) is 5.56 Å². The normalized spacial score (nSPS) is 11.7. The zero-order chi connectivity index (χ0) is 13.5. The van der Waals surface area contributed by atoms with Crippen LogP contribution in [-0.2, 0) is 11.3 Å². The number of urea groups is 1. The average Bonchev–Trinajstić information content (AvgIpc) is 2.36. The van der Waals surface area contributed by atoms with Gasteiger partial charge in [-0.2, -0.15) is 0 Å². The maximum absolute atomic E-state index is 11.6. The molecule has 1 aromatic heterocycles. The number of nitrogens with zero attached hydrogens (tertiary/aromatic N) is 2. The standard InChI is InChI=1S/C11H15N3O4/c1-14(6-8-3-2-4-12-5-8)11(18)13-9(7-15)10(16)17/h2-5,9,15H,6-7H2,1H3,(H,13,18)(H,16,17)/t9-/m1/s1. The van der Waals surface area contributed by atoms with E-state index in [9.17, 15) is 9.59 Å². The molecule has 0 saturated heterocycles. The van der Waals surface area contributed by atoms with Gasteiger partial charge in [-0.1, -0.05) is 6.07 Å². The van der Waals surface area contributed by atoms with E-state index in [0.717, 1.165) is 5.56 Å². The highest BCUT2D eigenvalue weighted by molar-refractivity contribution is 5.82. The predicted octanol–water partition coefficient (Wildman–Crippen LogP) is -0.332. The fraction of sp³-hybridized carbons (Fsp3) is 0.364. The molecule has 0 radical (unpaired) electrons. The minimum absolute atomic E-state index is 0.303. The number of carbonyl (C=O) groups excluding carboxylic acids is 1. The lowest BCUT2D eigenvalue weighted by molar-refractivity contribution is -0.140. The Labute approximate surface area is 104 Å². The minimum Gasteiger partial charge on any atom is -0.480 e. The summed E-state index contributed by atoms with van der Waals surface area (Å²) in [6.45, 7) is -0.348. The van der Waals surface area contributed by atoms with Gasteiger partial charge < -0.3 is 20.4 Å². The first-order valence-electron chi connectivity index (χ1n) is 5.28. The van der Waals surface area contributed by atoms with Crippen LogP contribution in [0, 0.1) is 0 Å². The number of rotatable bonds is 5. The molecule has 0 spiro atoms. The second-order valence-corrected chi connectivity index (χ2v) is 3.74. The number of aromatic nitrogens is 1. The SMILES string of the molecule is CN(Cc1cccnc1)C(=O)N[C@H](CO)C(=O)O. The Hall–Kier alpha value is -2.15.